The predicted molar refractivity (Wildman–Crippen MR) is 77.0 cm³/mol. The normalized spacial score (nSPS) is 13.9. The zero-order chi connectivity index (χ0) is 13.4. The standard InChI is InChI=1S/C14H21NO2S/c1-11(10-18-3)15-9-13(14(16)17-2)12-7-5-4-6-8-12/h4-8,11,13,15H,9-10H2,1-3H3. The molecular weight excluding hydrogens is 246 g/mol. The van der Waals surface area contributed by atoms with E-state index in [0.29, 0.717) is 12.6 Å². The number of benzene rings is 1. The Morgan fingerprint density at radius 2 is 2.06 bits per heavy atom. The summed E-state index contributed by atoms with van der Waals surface area (Å²) in [6.45, 7) is 2.73. The van der Waals surface area contributed by atoms with Crippen molar-refractivity contribution in [1.82, 2.24) is 5.32 Å². The summed E-state index contributed by atoms with van der Waals surface area (Å²) in [5.41, 5.74) is 0.994. The van der Waals surface area contributed by atoms with Crippen LogP contribution in [-0.2, 0) is 9.53 Å². The molecule has 0 heterocycles. The second-order valence-corrected chi connectivity index (χ2v) is 5.16. The smallest absolute Gasteiger partial charge is 0.314 e. The monoisotopic (exact) mass is 267 g/mol. The first-order chi connectivity index (χ1) is 8.69. The molecular formula is C14H21NO2S. The van der Waals surface area contributed by atoms with Crippen LogP contribution in [0.5, 0.6) is 0 Å². The zero-order valence-electron chi connectivity index (χ0n) is 11.2. The fourth-order valence-corrected chi connectivity index (χ4v) is 2.41. The van der Waals surface area contributed by atoms with Gasteiger partial charge in [-0.1, -0.05) is 30.3 Å². The average Bonchev–Trinajstić information content (AvgIpc) is 2.40. The Kier molecular flexibility index (Phi) is 6.83. The lowest BCUT2D eigenvalue weighted by atomic mass is 9.99. The van der Waals surface area contributed by atoms with Gasteiger partial charge in [0.15, 0.2) is 0 Å². The summed E-state index contributed by atoms with van der Waals surface area (Å²) in [7, 11) is 1.43. The quantitative estimate of drug-likeness (QED) is 0.769. The van der Waals surface area contributed by atoms with Gasteiger partial charge in [-0.2, -0.15) is 11.8 Å². The molecule has 0 aliphatic carbocycles. The van der Waals surface area contributed by atoms with Crippen molar-refractivity contribution in [3.8, 4) is 0 Å². The van der Waals surface area contributed by atoms with Crippen molar-refractivity contribution >= 4 is 17.7 Å². The molecule has 0 amide bonds. The summed E-state index contributed by atoms with van der Waals surface area (Å²) in [4.78, 5) is 11.8. The first-order valence-corrected chi connectivity index (χ1v) is 7.43. The van der Waals surface area contributed by atoms with Gasteiger partial charge >= 0.3 is 5.97 Å². The van der Waals surface area contributed by atoms with Crippen molar-refractivity contribution in [3.63, 3.8) is 0 Å². The molecule has 0 aliphatic heterocycles. The van der Waals surface area contributed by atoms with Gasteiger partial charge in [0, 0.05) is 18.3 Å². The van der Waals surface area contributed by atoms with E-state index < -0.39 is 0 Å². The van der Waals surface area contributed by atoms with Gasteiger partial charge in [-0.15, -0.1) is 0 Å². The minimum Gasteiger partial charge on any atom is -0.469 e. The summed E-state index contributed by atoms with van der Waals surface area (Å²) in [6.07, 6.45) is 2.08. The molecule has 0 aliphatic rings. The summed E-state index contributed by atoms with van der Waals surface area (Å²) in [6, 6.07) is 10.1. The van der Waals surface area contributed by atoms with Crippen LogP contribution in [0.1, 0.15) is 18.4 Å². The maximum atomic E-state index is 11.8. The van der Waals surface area contributed by atoms with Crippen LogP contribution < -0.4 is 5.32 Å². The lowest BCUT2D eigenvalue weighted by molar-refractivity contribution is -0.142. The van der Waals surface area contributed by atoms with Gasteiger partial charge in [-0.25, -0.2) is 0 Å². The second kappa shape index (κ2) is 8.16. The molecule has 18 heavy (non-hydrogen) atoms. The first kappa shape index (κ1) is 15.1. The Balaban J connectivity index is 2.66. The number of esters is 1. The largest absolute Gasteiger partial charge is 0.469 e. The number of ether oxygens (including phenoxy) is 1. The van der Waals surface area contributed by atoms with E-state index in [4.69, 9.17) is 4.74 Å². The minimum absolute atomic E-state index is 0.190. The van der Waals surface area contributed by atoms with Crippen LogP contribution >= 0.6 is 11.8 Å². The van der Waals surface area contributed by atoms with Gasteiger partial charge in [-0.3, -0.25) is 4.79 Å². The molecule has 0 saturated carbocycles. The number of hydrogen-bond acceptors (Lipinski definition) is 4. The number of carbonyl (C=O) groups is 1. The molecule has 2 atom stereocenters. The number of carbonyl (C=O) groups excluding carboxylic acids is 1. The van der Waals surface area contributed by atoms with Crippen molar-refractivity contribution in [2.75, 3.05) is 25.7 Å². The lowest BCUT2D eigenvalue weighted by Gasteiger charge is -2.19. The van der Waals surface area contributed by atoms with E-state index in [0.717, 1.165) is 11.3 Å². The predicted octanol–water partition coefficient (Wildman–Crippen LogP) is 2.28. The van der Waals surface area contributed by atoms with E-state index >= 15 is 0 Å². The van der Waals surface area contributed by atoms with Crippen LogP contribution in [0, 0.1) is 0 Å². The molecule has 2 unspecified atom stereocenters. The van der Waals surface area contributed by atoms with E-state index in [2.05, 4.69) is 18.5 Å². The topological polar surface area (TPSA) is 38.3 Å². The third-order valence-electron chi connectivity index (χ3n) is 2.77. The molecule has 0 bridgehead atoms. The summed E-state index contributed by atoms with van der Waals surface area (Å²) in [5, 5.41) is 3.38. The highest BCUT2D eigenvalue weighted by molar-refractivity contribution is 7.98. The summed E-state index contributed by atoms with van der Waals surface area (Å²) in [5.74, 6) is 0.605. The van der Waals surface area contributed by atoms with Gasteiger partial charge in [0.2, 0.25) is 0 Å². The maximum absolute atomic E-state index is 11.8. The molecule has 0 saturated heterocycles. The maximum Gasteiger partial charge on any atom is 0.314 e. The molecule has 0 fully saturated rings. The highest BCUT2D eigenvalue weighted by Crippen LogP contribution is 2.16. The van der Waals surface area contributed by atoms with Crippen LogP contribution in [0.2, 0.25) is 0 Å². The van der Waals surface area contributed by atoms with E-state index in [1.807, 2.05) is 30.3 Å². The number of thioether (sulfide) groups is 1. The van der Waals surface area contributed by atoms with Crippen LogP contribution in [0.15, 0.2) is 30.3 Å². The SMILES string of the molecule is COC(=O)C(CNC(C)CSC)c1ccccc1. The van der Waals surface area contributed by atoms with Crippen molar-refractivity contribution < 1.29 is 9.53 Å². The van der Waals surface area contributed by atoms with Crippen molar-refractivity contribution in [2.45, 2.75) is 18.9 Å². The van der Waals surface area contributed by atoms with Crippen molar-refractivity contribution in [1.29, 1.82) is 0 Å². The fourth-order valence-electron chi connectivity index (χ4n) is 1.79. The number of methoxy groups -OCH3 is 1. The fraction of sp³-hybridized carbons (Fsp3) is 0.500. The van der Waals surface area contributed by atoms with Crippen molar-refractivity contribution in [3.05, 3.63) is 35.9 Å². The van der Waals surface area contributed by atoms with E-state index in [9.17, 15) is 4.79 Å². The first-order valence-electron chi connectivity index (χ1n) is 6.04. The average molecular weight is 267 g/mol. The zero-order valence-corrected chi connectivity index (χ0v) is 12.0. The Labute approximate surface area is 113 Å². The van der Waals surface area contributed by atoms with Crippen LogP contribution in [0.4, 0.5) is 0 Å². The molecule has 1 aromatic rings. The molecule has 1 N–H and O–H groups in total. The minimum atomic E-state index is -0.236. The number of rotatable bonds is 7. The van der Waals surface area contributed by atoms with Gasteiger partial charge in [0.05, 0.1) is 13.0 Å². The Hall–Kier alpha value is -1.00. The molecule has 1 aromatic carbocycles. The molecule has 0 spiro atoms. The van der Waals surface area contributed by atoms with E-state index in [1.165, 1.54) is 7.11 Å². The number of hydrogen-bond donors (Lipinski definition) is 1. The molecule has 0 aromatic heterocycles. The van der Waals surface area contributed by atoms with Crippen molar-refractivity contribution in [2.24, 2.45) is 0 Å². The molecule has 0 radical (unpaired) electrons. The van der Waals surface area contributed by atoms with E-state index in [1.54, 1.807) is 11.8 Å². The Morgan fingerprint density at radius 1 is 1.39 bits per heavy atom. The highest BCUT2D eigenvalue weighted by atomic mass is 32.2. The van der Waals surface area contributed by atoms with Crippen LogP contribution in [-0.4, -0.2) is 37.7 Å². The molecule has 4 heteroatoms. The van der Waals surface area contributed by atoms with Gasteiger partial charge < -0.3 is 10.1 Å². The van der Waals surface area contributed by atoms with E-state index in [-0.39, 0.29) is 11.9 Å². The molecule has 3 nitrogen and oxygen atoms in total. The second-order valence-electron chi connectivity index (χ2n) is 4.25. The third kappa shape index (κ3) is 4.70. The Bertz CT molecular complexity index is 356. The Morgan fingerprint density at radius 3 is 2.61 bits per heavy atom. The molecule has 1 rings (SSSR count). The summed E-state index contributed by atoms with van der Waals surface area (Å²) < 4.78 is 4.87. The van der Waals surface area contributed by atoms with Crippen LogP contribution in [0.25, 0.3) is 0 Å². The third-order valence-corrected chi connectivity index (χ3v) is 3.61. The highest BCUT2D eigenvalue weighted by Gasteiger charge is 2.21. The van der Waals surface area contributed by atoms with Gasteiger partial charge in [-0.05, 0) is 18.7 Å². The van der Waals surface area contributed by atoms with Crippen LogP contribution in [0.3, 0.4) is 0 Å². The lowest BCUT2D eigenvalue weighted by Crippen LogP contribution is -2.35. The summed E-state index contributed by atoms with van der Waals surface area (Å²) >= 11 is 1.79. The van der Waals surface area contributed by atoms with Gasteiger partial charge in [0.25, 0.3) is 0 Å². The number of nitrogens with one attached hydrogen (secondary N) is 1. The molecule has 100 valence electrons. The van der Waals surface area contributed by atoms with Gasteiger partial charge in [0.1, 0.15) is 0 Å².